The molecule has 0 aliphatic heterocycles. The SMILES string of the molecule is CNCCC(C)(C)Cc1ccc(Br)cc1Cl. The fourth-order valence-electron chi connectivity index (χ4n) is 1.73. The summed E-state index contributed by atoms with van der Waals surface area (Å²) in [5.74, 6) is 0. The Balaban J connectivity index is 2.71. The summed E-state index contributed by atoms with van der Waals surface area (Å²) in [4.78, 5) is 0. The monoisotopic (exact) mass is 303 g/mol. The molecule has 0 aromatic heterocycles. The van der Waals surface area contributed by atoms with Gasteiger partial charge in [0, 0.05) is 9.50 Å². The summed E-state index contributed by atoms with van der Waals surface area (Å²) in [6, 6.07) is 6.12. The molecule has 0 bridgehead atoms. The van der Waals surface area contributed by atoms with Gasteiger partial charge in [-0.1, -0.05) is 47.4 Å². The molecule has 0 fully saturated rings. The molecule has 0 aliphatic carbocycles. The van der Waals surface area contributed by atoms with Gasteiger partial charge in [-0.25, -0.2) is 0 Å². The van der Waals surface area contributed by atoms with Crippen molar-refractivity contribution in [2.24, 2.45) is 5.41 Å². The Hall–Kier alpha value is -0.0500. The van der Waals surface area contributed by atoms with E-state index in [1.165, 1.54) is 5.56 Å². The number of benzene rings is 1. The molecule has 1 aromatic rings. The molecule has 0 atom stereocenters. The van der Waals surface area contributed by atoms with E-state index in [-0.39, 0.29) is 5.41 Å². The third-order valence-electron chi connectivity index (χ3n) is 2.74. The Morgan fingerprint density at radius 3 is 2.62 bits per heavy atom. The second-order valence-corrected chi connectivity index (χ2v) is 6.25. The van der Waals surface area contributed by atoms with Crippen LogP contribution in [0.3, 0.4) is 0 Å². The van der Waals surface area contributed by atoms with Gasteiger partial charge in [-0.05, 0) is 49.5 Å². The van der Waals surface area contributed by atoms with Crippen LogP contribution in [0.2, 0.25) is 5.02 Å². The fraction of sp³-hybridized carbons (Fsp3) is 0.538. The van der Waals surface area contributed by atoms with E-state index in [4.69, 9.17) is 11.6 Å². The van der Waals surface area contributed by atoms with E-state index in [0.29, 0.717) is 0 Å². The Bertz CT molecular complexity index is 350. The van der Waals surface area contributed by atoms with E-state index in [1.54, 1.807) is 0 Å². The number of nitrogens with one attached hydrogen (secondary N) is 1. The fourth-order valence-corrected chi connectivity index (χ4v) is 2.47. The summed E-state index contributed by atoms with van der Waals surface area (Å²) in [7, 11) is 1.99. The molecule has 1 nitrogen and oxygen atoms in total. The van der Waals surface area contributed by atoms with Crippen LogP contribution in [0.1, 0.15) is 25.8 Å². The van der Waals surface area contributed by atoms with Gasteiger partial charge in [0.15, 0.2) is 0 Å². The van der Waals surface area contributed by atoms with Gasteiger partial charge in [0.1, 0.15) is 0 Å². The molecule has 0 unspecified atom stereocenters. The lowest BCUT2D eigenvalue weighted by molar-refractivity contribution is 0.329. The predicted octanol–water partition coefficient (Wildman–Crippen LogP) is 4.28. The molecule has 0 saturated carbocycles. The first kappa shape index (κ1) is 14.0. The van der Waals surface area contributed by atoms with E-state index in [0.717, 1.165) is 28.9 Å². The summed E-state index contributed by atoms with van der Waals surface area (Å²) < 4.78 is 1.04. The zero-order valence-electron chi connectivity index (χ0n) is 10.1. The molecule has 16 heavy (non-hydrogen) atoms. The van der Waals surface area contributed by atoms with Gasteiger partial charge in [-0.15, -0.1) is 0 Å². The first-order chi connectivity index (χ1) is 7.44. The van der Waals surface area contributed by atoms with Crippen molar-refractivity contribution in [3.8, 4) is 0 Å². The highest BCUT2D eigenvalue weighted by Crippen LogP contribution is 2.30. The van der Waals surface area contributed by atoms with E-state index < -0.39 is 0 Å². The van der Waals surface area contributed by atoms with Gasteiger partial charge in [-0.2, -0.15) is 0 Å². The third-order valence-corrected chi connectivity index (χ3v) is 3.58. The highest BCUT2D eigenvalue weighted by atomic mass is 79.9. The standard InChI is InChI=1S/C13H19BrClN/c1-13(2,6-7-16-3)9-10-4-5-11(14)8-12(10)15/h4-5,8,16H,6-7,9H2,1-3H3. The summed E-state index contributed by atoms with van der Waals surface area (Å²) in [5, 5.41) is 4.05. The topological polar surface area (TPSA) is 12.0 Å². The Morgan fingerprint density at radius 1 is 1.38 bits per heavy atom. The van der Waals surface area contributed by atoms with Crippen molar-refractivity contribution < 1.29 is 0 Å². The van der Waals surface area contributed by atoms with Gasteiger partial charge in [0.25, 0.3) is 0 Å². The van der Waals surface area contributed by atoms with Crippen LogP contribution in [0.5, 0.6) is 0 Å². The molecule has 3 heteroatoms. The predicted molar refractivity (Wildman–Crippen MR) is 75.2 cm³/mol. The van der Waals surface area contributed by atoms with Crippen LogP contribution in [0.4, 0.5) is 0 Å². The van der Waals surface area contributed by atoms with Crippen molar-refractivity contribution in [1.82, 2.24) is 5.32 Å². The summed E-state index contributed by atoms with van der Waals surface area (Å²) >= 11 is 9.65. The van der Waals surface area contributed by atoms with E-state index in [2.05, 4.69) is 47.2 Å². The van der Waals surface area contributed by atoms with Crippen molar-refractivity contribution in [1.29, 1.82) is 0 Å². The Kier molecular flexibility index (Phi) is 5.29. The highest BCUT2D eigenvalue weighted by Gasteiger charge is 2.19. The van der Waals surface area contributed by atoms with Crippen LogP contribution in [-0.4, -0.2) is 13.6 Å². The van der Waals surface area contributed by atoms with Crippen LogP contribution >= 0.6 is 27.5 Å². The summed E-state index contributed by atoms with van der Waals surface area (Å²) in [6.45, 7) is 5.60. The maximum absolute atomic E-state index is 6.22. The second kappa shape index (κ2) is 6.04. The van der Waals surface area contributed by atoms with E-state index in [1.807, 2.05) is 13.1 Å². The number of rotatable bonds is 5. The van der Waals surface area contributed by atoms with Crippen LogP contribution in [0.25, 0.3) is 0 Å². The van der Waals surface area contributed by atoms with Crippen LogP contribution in [0.15, 0.2) is 22.7 Å². The lowest BCUT2D eigenvalue weighted by Crippen LogP contribution is -2.21. The second-order valence-electron chi connectivity index (χ2n) is 4.93. The molecular formula is C13H19BrClN. The van der Waals surface area contributed by atoms with E-state index in [9.17, 15) is 0 Å². The summed E-state index contributed by atoms with van der Waals surface area (Å²) in [5.41, 5.74) is 1.51. The minimum Gasteiger partial charge on any atom is -0.320 e. The van der Waals surface area contributed by atoms with Crippen molar-refractivity contribution in [2.45, 2.75) is 26.7 Å². The molecule has 0 amide bonds. The largest absolute Gasteiger partial charge is 0.320 e. The Labute approximate surface area is 112 Å². The van der Waals surface area contributed by atoms with Crippen molar-refractivity contribution in [3.05, 3.63) is 33.3 Å². The molecule has 0 aliphatic rings. The highest BCUT2D eigenvalue weighted by molar-refractivity contribution is 9.10. The van der Waals surface area contributed by atoms with Crippen molar-refractivity contribution >= 4 is 27.5 Å². The molecule has 1 N–H and O–H groups in total. The Morgan fingerprint density at radius 2 is 2.06 bits per heavy atom. The minimum absolute atomic E-state index is 0.278. The molecule has 1 rings (SSSR count). The lowest BCUT2D eigenvalue weighted by atomic mass is 9.82. The maximum atomic E-state index is 6.22. The normalized spacial score (nSPS) is 11.8. The van der Waals surface area contributed by atoms with Gasteiger partial charge in [0.2, 0.25) is 0 Å². The maximum Gasteiger partial charge on any atom is 0.0449 e. The molecular weight excluding hydrogens is 286 g/mol. The molecule has 0 spiro atoms. The lowest BCUT2D eigenvalue weighted by Gasteiger charge is -2.25. The summed E-state index contributed by atoms with van der Waals surface area (Å²) in [6.07, 6.45) is 2.16. The average Bonchev–Trinajstić information content (AvgIpc) is 2.19. The molecule has 1 aromatic carbocycles. The third kappa shape index (κ3) is 4.44. The van der Waals surface area contributed by atoms with Crippen LogP contribution < -0.4 is 5.32 Å². The van der Waals surface area contributed by atoms with Gasteiger partial charge in [0.05, 0.1) is 0 Å². The number of hydrogen-bond acceptors (Lipinski definition) is 1. The van der Waals surface area contributed by atoms with Crippen molar-refractivity contribution in [3.63, 3.8) is 0 Å². The van der Waals surface area contributed by atoms with Crippen LogP contribution in [-0.2, 0) is 6.42 Å². The number of halogens is 2. The molecule has 0 saturated heterocycles. The first-order valence-corrected chi connectivity index (χ1v) is 6.70. The van der Waals surface area contributed by atoms with Crippen molar-refractivity contribution in [2.75, 3.05) is 13.6 Å². The molecule has 90 valence electrons. The van der Waals surface area contributed by atoms with Gasteiger partial charge in [-0.3, -0.25) is 0 Å². The zero-order valence-corrected chi connectivity index (χ0v) is 12.5. The zero-order chi connectivity index (χ0) is 12.2. The van der Waals surface area contributed by atoms with Crippen LogP contribution in [0, 0.1) is 5.41 Å². The van der Waals surface area contributed by atoms with E-state index >= 15 is 0 Å². The van der Waals surface area contributed by atoms with Gasteiger partial charge >= 0.3 is 0 Å². The quantitative estimate of drug-likeness (QED) is 0.856. The minimum atomic E-state index is 0.278. The number of hydrogen-bond donors (Lipinski definition) is 1. The first-order valence-electron chi connectivity index (χ1n) is 5.53. The molecule has 0 heterocycles. The average molecular weight is 305 g/mol. The molecule has 0 radical (unpaired) electrons. The van der Waals surface area contributed by atoms with Gasteiger partial charge < -0.3 is 5.32 Å². The smallest absolute Gasteiger partial charge is 0.0449 e.